The lowest BCUT2D eigenvalue weighted by Gasteiger charge is -2.03. The summed E-state index contributed by atoms with van der Waals surface area (Å²) < 4.78 is 4.11. The highest BCUT2D eigenvalue weighted by Gasteiger charge is 2.10. The van der Waals surface area contributed by atoms with E-state index < -0.39 is 0 Å². The number of halogens is 2. The molecule has 0 unspecified atom stereocenters. The van der Waals surface area contributed by atoms with Crippen molar-refractivity contribution < 1.29 is 4.79 Å². The fourth-order valence-corrected chi connectivity index (χ4v) is 3.75. The van der Waals surface area contributed by atoms with Gasteiger partial charge in [0.2, 0.25) is 0 Å². The standard InChI is InChI=1S/C13H14I2N2O/c1-9-5-11(16(14)7-9)3-4-12-6-10(2)13(8-18)17(12)15/h5-8H,3-4H2,1-2H3. The Balaban J connectivity index is 2.16. The first-order valence-electron chi connectivity index (χ1n) is 5.69. The fraction of sp³-hybridized carbons (Fsp3) is 0.308. The highest BCUT2D eigenvalue weighted by molar-refractivity contribution is 14.1. The molecule has 0 N–H and O–H groups in total. The lowest BCUT2D eigenvalue weighted by atomic mass is 10.2. The Morgan fingerprint density at radius 2 is 1.83 bits per heavy atom. The second kappa shape index (κ2) is 5.77. The molecule has 2 aromatic heterocycles. The maximum atomic E-state index is 11.0. The summed E-state index contributed by atoms with van der Waals surface area (Å²) in [4.78, 5) is 11.0. The van der Waals surface area contributed by atoms with E-state index in [1.165, 1.54) is 17.0 Å². The second-order valence-electron chi connectivity index (χ2n) is 4.42. The predicted molar refractivity (Wildman–Crippen MR) is 90.0 cm³/mol. The minimum atomic E-state index is 0.770. The molecule has 0 aromatic carbocycles. The average Bonchev–Trinajstić information content (AvgIpc) is 2.76. The maximum Gasteiger partial charge on any atom is 0.167 e. The summed E-state index contributed by atoms with van der Waals surface area (Å²) in [6, 6.07) is 4.31. The molecule has 2 rings (SSSR count). The van der Waals surface area contributed by atoms with Crippen molar-refractivity contribution in [3.05, 3.63) is 46.5 Å². The monoisotopic (exact) mass is 468 g/mol. The van der Waals surface area contributed by atoms with Crippen LogP contribution in [0.2, 0.25) is 0 Å². The molecule has 0 aliphatic rings. The molecule has 0 radical (unpaired) electrons. The van der Waals surface area contributed by atoms with Crippen LogP contribution in [0.4, 0.5) is 0 Å². The zero-order valence-corrected chi connectivity index (χ0v) is 14.6. The minimum absolute atomic E-state index is 0.770. The molecule has 0 amide bonds. The van der Waals surface area contributed by atoms with Crippen LogP contribution in [0.15, 0.2) is 18.3 Å². The summed E-state index contributed by atoms with van der Waals surface area (Å²) in [5.74, 6) is 0. The van der Waals surface area contributed by atoms with Crippen LogP contribution in [0.1, 0.15) is 33.0 Å². The van der Waals surface area contributed by atoms with Crippen molar-refractivity contribution in [3.8, 4) is 0 Å². The van der Waals surface area contributed by atoms with Gasteiger partial charge in [0.1, 0.15) is 0 Å². The number of aryl methyl sites for hydroxylation is 4. The first-order chi connectivity index (χ1) is 8.52. The van der Waals surface area contributed by atoms with Gasteiger partial charge < -0.3 is 0 Å². The van der Waals surface area contributed by atoms with Crippen LogP contribution >= 0.6 is 45.7 Å². The van der Waals surface area contributed by atoms with Gasteiger partial charge in [-0.3, -0.25) is 10.4 Å². The van der Waals surface area contributed by atoms with Gasteiger partial charge in [0.05, 0.1) is 51.4 Å². The number of aromatic nitrogens is 2. The smallest absolute Gasteiger partial charge is 0.167 e. The van der Waals surface area contributed by atoms with Crippen LogP contribution in [0.25, 0.3) is 0 Å². The van der Waals surface area contributed by atoms with Crippen molar-refractivity contribution in [1.29, 1.82) is 0 Å². The molecule has 0 fully saturated rings. The molecule has 96 valence electrons. The number of rotatable bonds is 4. The van der Waals surface area contributed by atoms with Gasteiger partial charge in [-0.1, -0.05) is 0 Å². The zero-order chi connectivity index (χ0) is 13.3. The number of carbonyl (C=O) groups is 1. The van der Waals surface area contributed by atoms with Crippen LogP contribution in [0.3, 0.4) is 0 Å². The van der Waals surface area contributed by atoms with Gasteiger partial charge in [-0.15, -0.1) is 0 Å². The minimum Gasteiger partial charge on any atom is -0.296 e. The van der Waals surface area contributed by atoms with Crippen LogP contribution in [0, 0.1) is 13.8 Å². The van der Waals surface area contributed by atoms with E-state index in [4.69, 9.17) is 0 Å². The molecular weight excluding hydrogens is 454 g/mol. The largest absolute Gasteiger partial charge is 0.296 e. The molecule has 18 heavy (non-hydrogen) atoms. The average molecular weight is 468 g/mol. The molecule has 0 atom stereocenters. The third-order valence-corrected chi connectivity index (χ3v) is 5.02. The lowest BCUT2D eigenvalue weighted by Crippen LogP contribution is -1.99. The fourth-order valence-electron chi connectivity index (χ4n) is 2.06. The Morgan fingerprint density at radius 1 is 1.17 bits per heavy atom. The highest BCUT2D eigenvalue weighted by Crippen LogP contribution is 2.20. The van der Waals surface area contributed by atoms with Crippen LogP contribution < -0.4 is 0 Å². The van der Waals surface area contributed by atoms with E-state index in [-0.39, 0.29) is 0 Å². The molecule has 0 saturated heterocycles. The highest BCUT2D eigenvalue weighted by atomic mass is 127. The van der Waals surface area contributed by atoms with Gasteiger partial charge in [-0.25, -0.2) is 0 Å². The van der Waals surface area contributed by atoms with Crippen molar-refractivity contribution >= 4 is 52.0 Å². The zero-order valence-electron chi connectivity index (χ0n) is 10.3. The molecule has 2 aromatic rings. The summed E-state index contributed by atoms with van der Waals surface area (Å²) in [6.45, 7) is 4.09. The van der Waals surface area contributed by atoms with Gasteiger partial charge in [-0.2, -0.15) is 0 Å². The number of carbonyl (C=O) groups excluding carboxylic acids is 1. The van der Waals surface area contributed by atoms with Gasteiger partial charge in [0.25, 0.3) is 0 Å². The number of hydrogen-bond donors (Lipinski definition) is 0. The van der Waals surface area contributed by atoms with Crippen LogP contribution in [-0.2, 0) is 12.8 Å². The molecule has 3 nitrogen and oxygen atoms in total. The molecule has 5 heteroatoms. The third-order valence-electron chi connectivity index (χ3n) is 2.99. The lowest BCUT2D eigenvalue weighted by molar-refractivity contribution is 0.111. The van der Waals surface area contributed by atoms with Crippen molar-refractivity contribution in [1.82, 2.24) is 5.56 Å². The van der Waals surface area contributed by atoms with Gasteiger partial charge >= 0.3 is 0 Å². The van der Waals surface area contributed by atoms with Crippen LogP contribution in [0.5, 0.6) is 0 Å². The number of hydrogen-bond acceptors (Lipinski definition) is 1. The van der Waals surface area contributed by atoms with E-state index in [9.17, 15) is 4.79 Å². The second-order valence-corrected chi connectivity index (χ2v) is 6.43. The number of nitrogens with zero attached hydrogens (tertiary/aromatic N) is 2. The summed E-state index contributed by atoms with van der Waals surface area (Å²) in [5, 5.41) is 0. The van der Waals surface area contributed by atoms with Crippen molar-refractivity contribution in [2.45, 2.75) is 26.7 Å². The van der Waals surface area contributed by atoms with E-state index in [0.717, 1.165) is 30.4 Å². The maximum absolute atomic E-state index is 11.0. The number of aldehydes is 1. The van der Waals surface area contributed by atoms with Gasteiger partial charge in [0, 0.05) is 17.6 Å². The topological polar surface area (TPSA) is 26.9 Å². The molecule has 0 aliphatic carbocycles. The molecule has 0 bridgehead atoms. The van der Waals surface area contributed by atoms with E-state index in [0.29, 0.717) is 0 Å². The van der Waals surface area contributed by atoms with E-state index >= 15 is 0 Å². The predicted octanol–water partition coefficient (Wildman–Crippen LogP) is 3.90. The Kier molecular flexibility index (Phi) is 4.52. The summed E-state index contributed by atoms with van der Waals surface area (Å²) in [7, 11) is 0. The van der Waals surface area contributed by atoms with Gasteiger partial charge in [-0.05, 0) is 49.9 Å². The van der Waals surface area contributed by atoms with Crippen LogP contribution in [-0.4, -0.2) is 11.8 Å². The molecule has 0 aliphatic heterocycles. The Bertz CT molecular complexity index is 584. The normalized spacial score (nSPS) is 10.9. The summed E-state index contributed by atoms with van der Waals surface area (Å²) in [5.41, 5.74) is 5.62. The SMILES string of the molecule is Cc1cc(CCc2cc(C)c(C=O)n2I)n(I)c1. The quantitative estimate of drug-likeness (QED) is 0.495. The van der Waals surface area contributed by atoms with E-state index in [1.54, 1.807) is 0 Å². The molecule has 0 spiro atoms. The van der Waals surface area contributed by atoms with E-state index in [2.05, 4.69) is 73.8 Å². The molecule has 0 saturated carbocycles. The van der Waals surface area contributed by atoms with Crippen molar-refractivity contribution in [2.75, 3.05) is 0 Å². The van der Waals surface area contributed by atoms with E-state index in [1.807, 2.05) is 9.70 Å². The molecular formula is C13H14I2N2O. The first-order valence-corrected chi connectivity index (χ1v) is 7.62. The summed E-state index contributed by atoms with van der Waals surface area (Å²) in [6.07, 6.45) is 4.99. The first kappa shape index (κ1) is 14.1. The molecule has 2 heterocycles. The third kappa shape index (κ3) is 2.81. The van der Waals surface area contributed by atoms with Crippen molar-refractivity contribution in [2.24, 2.45) is 0 Å². The Morgan fingerprint density at radius 3 is 2.33 bits per heavy atom. The Labute approximate surface area is 135 Å². The Hall–Kier alpha value is -0.310. The van der Waals surface area contributed by atoms with Gasteiger partial charge in [0.15, 0.2) is 6.29 Å². The summed E-state index contributed by atoms with van der Waals surface area (Å²) >= 11 is 4.50. The van der Waals surface area contributed by atoms with Crippen molar-refractivity contribution in [3.63, 3.8) is 0 Å².